The summed E-state index contributed by atoms with van der Waals surface area (Å²) in [5, 5.41) is 6.55. The summed E-state index contributed by atoms with van der Waals surface area (Å²) < 4.78 is 5.00. The normalized spacial score (nSPS) is 16.0. The molecule has 1 aliphatic rings. The fourth-order valence-corrected chi connectivity index (χ4v) is 3.85. The predicted octanol–water partition coefficient (Wildman–Crippen LogP) is 2.04. The number of nitrogens with zero attached hydrogens (tertiary/aromatic N) is 2. The lowest BCUT2D eigenvalue weighted by molar-refractivity contribution is -0.904. The molecule has 2 rings (SSSR count). The molecule has 7 nitrogen and oxygen atoms in total. The number of amides is 2. The minimum atomic E-state index is -0.222. The van der Waals surface area contributed by atoms with Crippen molar-refractivity contribution in [1.82, 2.24) is 10.1 Å². The molecule has 0 spiro atoms. The Hall–Kier alpha value is -1.89. The Balaban J connectivity index is 1.98. The lowest BCUT2D eigenvalue weighted by Gasteiger charge is -2.29. The highest BCUT2D eigenvalue weighted by atomic mass is 16.5. The van der Waals surface area contributed by atoms with E-state index < -0.39 is 0 Å². The number of rotatable bonds is 11. The maximum absolute atomic E-state index is 13.1. The van der Waals surface area contributed by atoms with Gasteiger partial charge in [0.05, 0.1) is 26.2 Å². The summed E-state index contributed by atoms with van der Waals surface area (Å²) in [6.07, 6.45) is 7.64. The molecule has 0 aliphatic carbocycles. The van der Waals surface area contributed by atoms with Gasteiger partial charge in [0.1, 0.15) is 12.3 Å². The third-order valence-corrected chi connectivity index (χ3v) is 5.59. The maximum atomic E-state index is 13.1. The molecule has 0 bridgehead atoms. The van der Waals surface area contributed by atoms with Crippen LogP contribution in [0.1, 0.15) is 64.6 Å². The largest absolute Gasteiger partial charge is 0.360 e. The molecule has 1 saturated heterocycles. The number of anilines is 1. The van der Waals surface area contributed by atoms with E-state index in [9.17, 15) is 9.59 Å². The average molecular weight is 394 g/mol. The number of carbonyl (C=O) groups excluding carboxylic acids is 2. The second kappa shape index (κ2) is 11.8. The van der Waals surface area contributed by atoms with Crippen molar-refractivity contribution in [2.45, 2.75) is 65.7 Å². The fourth-order valence-electron chi connectivity index (χ4n) is 3.85. The molecule has 158 valence electrons. The van der Waals surface area contributed by atoms with Gasteiger partial charge >= 0.3 is 0 Å². The van der Waals surface area contributed by atoms with Crippen LogP contribution >= 0.6 is 0 Å². The molecule has 28 heavy (non-hydrogen) atoms. The lowest BCUT2D eigenvalue weighted by Crippen LogP contribution is -3.13. The number of unbranched alkanes of at least 4 members (excludes halogenated alkanes) is 1. The van der Waals surface area contributed by atoms with Crippen LogP contribution in [0.4, 0.5) is 5.82 Å². The van der Waals surface area contributed by atoms with E-state index >= 15 is 0 Å². The zero-order chi connectivity index (χ0) is 20.4. The van der Waals surface area contributed by atoms with E-state index in [0.29, 0.717) is 18.1 Å². The molecule has 0 unspecified atom stereocenters. The van der Waals surface area contributed by atoms with Crippen molar-refractivity contribution in [2.75, 3.05) is 38.0 Å². The van der Waals surface area contributed by atoms with Gasteiger partial charge in [0.15, 0.2) is 5.82 Å². The van der Waals surface area contributed by atoms with Gasteiger partial charge in [-0.2, -0.15) is 0 Å². The number of hydrogen-bond acceptors (Lipinski definition) is 4. The molecule has 2 amide bonds. The highest BCUT2D eigenvalue weighted by Gasteiger charge is 2.26. The molecule has 1 fully saturated rings. The molecule has 1 aromatic rings. The molecule has 2 N–H and O–H groups in total. The summed E-state index contributed by atoms with van der Waals surface area (Å²) in [6, 6.07) is 1.68. The maximum Gasteiger partial charge on any atom is 0.245 e. The first-order valence-corrected chi connectivity index (χ1v) is 10.9. The van der Waals surface area contributed by atoms with Gasteiger partial charge < -0.3 is 19.6 Å². The Labute approximate surface area is 168 Å². The molecule has 1 atom stereocenters. The summed E-state index contributed by atoms with van der Waals surface area (Å²) in [4.78, 5) is 29.0. The smallest absolute Gasteiger partial charge is 0.245 e. The SMILES string of the molecule is CCCC[C@H](CC)C(=O)N(CC[NH+]1CCCCC1)CC(=O)Nc1cc(C)on1. The van der Waals surface area contributed by atoms with Crippen molar-refractivity contribution in [2.24, 2.45) is 5.92 Å². The van der Waals surface area contributed by atoms with Crippen molar-refractivity contribution in [3.8, 4) is 0 Å². The van der Waals surface area contributed by atoms with Crippen molar-refractivity contribution in [1.29, 1.82) is 0 Å². The number of piperidine rings is 1. The van der Waals surface area contributed by atoms with E-state index in [4.69, 9.17) is 4.52 Å². The van der Waals surface area contributed by atoms with Crippen LogP contribution in [0.2, 0.25) is 0 Å². The van der Waals surface area contributed by atoms with Crippen molar-refractivity contribution >= 4 is 17.6 Å². The number of quaternary nitrogens is 1. The first-order valence-electron chi connectivity index (χ1n) is 10.9. The number of aryl methyl sites for hydroxylation is 1. The van der Waals surface area contributed by atoms with Crippen molar-refractivity contribution in [3.63, 3.8) is 0 Å². The van der Waals surface area contributed by atoms with Crippen molar-refractivity contribution < 1.29 is 19.0 Å². The summed E-state index contributed by atoms with van der Waals surface area (Å²) in [6.45, 7) is 9.92. The van der Waals surface area contributed by atoms with Crippen LogP contribution in [-0.2, 0) is 9.59 Å². The highest BCUT2D eigenvalue weighted by molar-refractivity contribution is 5.94. The van der Waals surface area contributed by atoms with E-state index in [1.165, 1.54) is 37.3 Å². The number of nitrogens with one attached hydrogen (secondary N) is 2. The van der Waals surface area contributed by atoms with Gasteiger partial charge in [0.25, 0.3) is 0 Å². The minimum Gasteiger partial charge on any atom is -0.360 e. The molecular weight excluding hydrogens is 356 g/mol. The van der Waals surface area contributed by atoms with Crippen LogP contribution in [-0.4, -0.2) is 54.6 Å². The minimum absolute atomic E-state index is 0.00148. The van der Waals surface area contributed by atoms with Crippen LogP contribution in [0.3, 0.4) is 0 Å². The lowest BCUT2D eigenvalue weighted by atomic mass is 9.97. The number of carbonyl (C=O) groups is 2. The van der Waals surface area contributed by atoms with Gasteiger partial charge in [-0.05, 0) is 39.0 Å². The molecule has 0 saturated carbocycles. The van der Waals surface area contributed by atoms with Crippen LogP contribution in [0, 0.1) is 12.8 Å². The molecule has 2 heterocycles. The second-order valence-electron chi connectivity index (χ2n) is 7.94. The molecule has 0 radical (unpaired) electrons. The Morgan fingerprint density at radius 3 is 2.64 bits per heavy atom. The Bertz CT molecular complexity index is 611. The van der Waals surface area contributed by atoms with Crippen LogP contribution in [0.25, 0.3) is 0 Å². The standard InChI is InChI=1S/C21H36N4O3/c1-4-6-10-18(5-2)21(27)25(14-13-24-11-8-7-9-12-24)16-20(26)22-19-15-17(3)28-23-19/h15,18H,4-14,16H2,1-3H3,(H,22,23,26)/p+1/t18-/m0/s1. The van der Waals surface area contributed by atoms with Crippen LogP contribution < -0.4 is 10.2 Å². The van der Waals surface area contributed by atoms with Gasteiger partial charge in [-0.25, -0.2) is 0 Å². The average Bonchev–Trinajstić information content (AvgIpc) is 3.10. The van der Waals surface area contributed by atoms with E-state index in [1.807, 2.05) is 0 Å². The fraction of sp³-hybridized carbons (Fsp3) is 0.762. The van der Waals surface area contributed by atoms with E-state index in [1.54, 1.807) is 17.9 Å². The zero-order valence-electron chi connectivity index (χ0n) is 17.8. The first kappa shape index (κ1) is 22.4. The quantitative estimate of drug-likeness (QED) is 0.603. The molecule has 7 heteroatoms. The van der Waals surface area contributed by atoms with Gasteiger partial charge in [0, 0.05) is 12.0 Å². The molecular formula is C21H37N4O3+. The summed E-state index contributed by atoms with van der Waals surface area (Å²) >= 11 is 0. The number of hydrogen-bond donors (Lipinski definition) is 2. The Kier molecular flexibility index (Phi) is 9.47. The molecule has 0 aromatic carbocycles. The summed E-state index contributed by atoms with van der Waals surface area (Å²) in [7, 11) is 0. The van der Waals surface area contributed by atoms with Gasteiger partial charge in [-0.1, -0.05) is 31.8 Å². The summed E-state index contributed by atoms with van der Waals surface area (Å²) in [5.74, 6) is 0.926. The first-order chi connectivity index (χ1) is 13.5. The van der Waals surface area contributed by atoms with Gasteiger partial charge in [-0.3, -0.25) is 9.59 Å². The Morgan fingerprint density at radius 2 is 2.04 bits per heavy atom. The molecule has 1 aromatic heterocycles. The third kappa shape index (κ3) is 7.26. The Morgan fingerprint density at radius 1 is 1.29 bits per heavy atom. The predicted molar refractivity (Wildman–Crippen MR) is 109 cm³/mol. The molecule has 1 aliphatic heterocycles. The van der Waals surface area contributed by atoms with E-state index in [2.05, 4.69) is 24.3 Å². The number of aromatic nitrogens is 1. The van der Waals surface area contributed by atoms with E-state index in [0.717, 1.165) is 32.2 Å². The summed E-state index contributed by atoms with van der Waals surface area (Å²) in [5.41, 5.74) is 0. The van der Waals surface area contributed by atoms with Gasteiger partial charge in [0.2, 0.25) is 11.8 Å². The van der Waals surface area contributed by atoms with Crippen molar-refractivity contribution in [3.05, 3.63) is 11.8 Å². The van der Waals surface area contributed by atoms with E-state index in [-0.39, 0.29) is 24.3 Å². The second-order valence-corrected chi connectivity index (χ2v) is 7.94. The monoisotopic (exact) mass is 393 g/mol. The third-order valence-electron chi connectivity index (χ3n) is 5.59. The number of likely N-dealkylation sites (tertiary alicyclic amines) is 1. The van der Waals surface area contributed by atoms with Crippen LogP contribution in [0.15, 0.2) is 10.6 Å². The highest BCUT2D eigenvalue weighted by Crippen LogP contribution is 2.16. The van der Waals surface area contributed by atoms with Crippen LogP contribution in [0.5, 0.6) is 0 Å². The zero-order valence-corrected chi connectivity index (χ0v) is 17.8. The topological polar surface area (TPSA) is 79.9 Å². The van der Waals surface area contributed by atoms with Gasteiger partial charge in [-0.15, -0.1) is 0 Å².